The predicted octanol–water partition coefficient (Wildman–Crippen LogP) is 1.66. The van der Waals surface area contributed by atoms with Crippen LogP contribution in [0.3, 0.4) is 0 Å². The lowest BCUT2D eigenvalue weighted by Crippen LogP contribution is -2.51. The molecule has 0 saturated carbocycles. The van der Waals surface area contributed by atoms with E-state index in [2.05, 4.69) is 10.6 Å². The highest BCUT2D eigenvalue weighted by Crippen LogP contribution is 2.24. The fourth-order valence-electron chi connectivity index (χ4n) is 1.98. The van der Waals surface area contributed by atoms with Gasteiger partial charge in [0, 0.05) is 22.9 Å². The Balaban J connectivity index is 1.94. The minimum atomic E-state index is -1.07. The van der Waals surface area contributed by atoms with Gasteiger partial charge < -0.3 is 15.7 Å². The second kappa shape index (κ2) is 7.02. The molecular formula is C14H15ClN2O4S. The first kappa shape index (κ1) is 16.6. The quantitative estimate of drug-likeness (QED) is 0.773. The Bertz CT molecular complexity index is 623. The first-order valence-corrected chi connectivity index (χ1v) is 8.00. The molecule has 1 saturated heterocycles. The molecule has 2 amide bonds. The van der Waals surface area contributed by atoms with Gasteiger partial charge in [-0.1, -0.05) is 17.7 Å². The number of hydrogen-bond donors (Lipinski definition) is 3. The van der Waals surface area contributed by atoms with E-state index in [-0.39, 0.29) is 18.1 Å². The number of aryl methyl sites for hydroxylation is 1. The lowest BCUT2D eigenvalue weighted by Gasteiger charge is -2.25. The van der Waals surface area contributed by atoms with Gasteiger partial charge in [0.1, 0.15) is 6.04 Å². The summed E-state index contributed by atoms with van der Waals surface area (Å²) in [5.41, 5.74) is 1.46. The molecule has 3 N–H and O–H groups in total. The maximum atomic E-state index is 12.0. The molecule has 1 heterocycles. The molecule has 0 bridgehead atoms. The average molecular weight is 343 g/mol. The van der Waals surface area contributed by atoms with Gasteiger partial charge in [-0.05, 0) is 24.6 Å². The Kier molecular flexibility index (Phi) is 5.31. The third-order valence-electron chi connectivity index (χ3n) is 3.22. The number of amides is 2. The fraction of sp³-hybridized carbons (Fsp3) is 0.357. The van der Waals surface area contributed by atoms with Gasteiger partial charge in [-0.3, -0.25) is 9.59 Å². The standard InChI is InChI=1S/C14H15ClN2O4S/c1-7-2-3-8(15)4-9(7)16-12(18)5-11-13(19)17-10(6-22-11)14(20)21/h2-4,10-11H,5-6H2,1H3,(H,16,18)(H,17,19)(H,20,21)/t10-,11+/m0/s1. The molecule has 22 heavy (non-hydrogen) atoms. The zero-order chi connectivity index (χ0) is 16.3. The van der Waals surface area contributed by atoms with Crippen molar-refractivity contribution in [3.8, 4) is 0 Å². The number of benzene rings is 1. The van der Waals surface area contributed by atoms with E-state index in [1.807, 2.05) is 6.92 Å². The Morgan fingerprint density at radius 1 is 1.50 bits per heavy atom. The molecule has 1 aliphatic heterocycles. The molecule has 0 aliphatic carbocycles. The van der Waals surface area contributed by atoms with Crippen LogP contribution in [-0.2, 0) is 14.4 Å². The van der Waals surface area contributed by atoms with E-state index in [9.17, 15) is 14.4 Å². The summed E-state index contributed by atoms with van der Waals surface area (Å²) >= 11 is 7.06. The third kappa shape index (κ3) is 4.14. The number of aliphatic carboxylic acids is 1. The first-order valence-electron chi connectivity index (χ1n) is 6.57. The van der Waals surface area contributed by atoms with Gasteiger partial charge in [-0.25, -0.2) is 4.79 Å². The number of thioether (sulfide) groups is 1. The van der Waals surface area contributed by atoms with Crippen LogP contribution < -0.4 is 10.6 Å². The second-order valence-corrected chi connectivity index (χ2v) is 6.61. The zero-order valence-electron chi connectivity index (χ0n) is 11.8. The lowest BCUT2D eigenvalue weighted by atomic mass is 10.2. The Morgan fingerprint density at radius 2 is 2.23 bits per heavy atom. The molecule has 0 radical (unpaired) electrons. The largest absolute Gasteiger partial charge is 0.480 e. The zero-order valence-corrected chi connectivity index (χ0v) is 13.3. The van der Waals surface area contributed by atoms with Crippen LogP contribution in [0.2, 0.25) is 5.02 Å². The van der Waals surface area contributed by atoms with Crippen LogP contribution in [0, 0.1) is 6.92 Å². The third-order valence-corrected chi connectivity index (χ3v) is 4.76. The van der Waals surface area contributed by atoms with Crippen LogP contribution in [0.1, 0.15) is 12.0 Å². The maximum Gasteiger partial charge on any atom is 0.327 e. The highest BCUT2D eigenvalue weighted by atomic mass is 35.5. The molecule has 0 unspecified atom stereocenters. The Morgan fingerprint density at radius 3 is 2.86 bits per heavy atom. The van der Waals surface area contributed by atoms with Gasteiger partial charge in [-0.15, -0.1) is 11.8 Å². The highest BCUT2D eigenvalue weighted by Gasteiger charge is 2.33. The summed E-state index contributed by atoms with van der Waals surface area (Å²) < 4.78 is 0. The SMILES string of the molecule is Cc1ccc(Cl)cc1NC(=O)C[C@H]1SC[C@@H](C(=O)O)NC1=O. The van der Waals surface area contributed by atoms with E-state index >= 15 is 0 Å². The van der Waals surface area contributed by atoms with E-state index in [0.29, 0.717) is 10.7 Å². The van der Waals surface area contributed by atoms with Crippen molar-refractivity contribution in [2.45, 2.75) is 24.6 Å². The van der Waals surface area contributed by atoms with Crippen molar-refractivity contribution in [3.63, 3.8) is 0 Å². The summed E-state index contributed by atoms with van der Waals surface area (Å²) in [6, 6.07) is 4.26. The summed E-state index contributed by atoms with van der Waals surface area (Å²) in [5.74, 6) is -1.57. The van der Waals surface area contributed by atoms with Crippen LogP contribution in [0.4, 0.5) is 5.69 Å². The van der Waals surface area contributed by atoms with Crippen LogP contribution in [0.5, 0.6) is 0 Å². The average Bonchev–Trinajstić information content (AvgIpc) is 2.45. The van der Waals surface area contributed by atoms with Gasteiger partial charge in [0.15, 0.2) is 0 Å². The van der Waals surface area contributed by atoms with E-state index < -0.39 is 23.2 Å². The van der Waals surface area contributed by atoms with Gasteiger partial charge in [-0.2, -0.15) is 0 Å². The van der Waals surface area contributed by atoms with E-state index in [1.54, 1.807) is 18.2 Å². The number of carboxylic acid groups (broad SMARTS) is 1. The molecule has 2 atom stereocenters. The highest BCUT2D eigenvalue weighted by molar-refractivity contribution is 8.00. The molecule has 8 heteroatoms. The molecule has 1 aliphatic rings. The van der Waals surface area contributed by atoms with Gasteiger partial charge in [0.25, 0.3) is 0 Å². The number of carbonyl (C=O) groups excluding carboxylic acids is 2. The van der Waals surface area contributed by atoms with Crippen molar-refractivity contribution in [3.05, 3.63) is 28.8 Å². The number of rotatable bonds is 4. The van der Waals surface area contributed by atoms with Crippen molar-refractivity contribution in [2.24, 2.45) is 0 Å². The van der Waals surface area contributed by atoms with Gasteiger partial charge in [0.05, 0.1) is 5.25 Å². The molecule has 0 spiro atoms. The number of carboxylic acids is 1. The Labute approximate surface area is 136 Å². The van der Waals surface area contributed by atoms with Crippen LogP contribution in [0.25, 0.3) is 0 Å². The van der Waals surface area contributed by atoms with Crippen LogP contribution in [-0.4, -0.2) is 39.9 Å². The number of halogens is 1. The Hall–Kier alpha value is -1.73. The molecule has 1 fully saturated rings. The van der Waals surface area contributed by atoms with Crippen molar-refractivity contribution in [1.82, 2.24) is 5.32 Å². The van der Waals surface area contributed by atoms with Crippen molar-refractivity contribution in [2.75, 3.05) is 11.1 Å². The number of anilines is 1. The molecule has 6 nitrogen and oxygen atoms in total. The molecule has 118 valence electrons. The molecule has 2 rings (SSSR count). The van der Waals surface area contributed by atoms with Crippen LogP contribution in [0.15, 0.2) is 18.2 Å². The number of hydrogen-bond acceptors (Lipinski definition) is 4. The van der Waals surface area contributed by atoms with Crippen LogP contribution >= 0.6 is 23.4 Å². The van der Waals surface area contributed by atoms with E-state index in [4.69, 9.17) is 16.7 Å². The second-order valence-electron chi connectivity index (χ2n) is 4.93. The fourth-order valence-corrected chi connectivity index (χ4v) is 3.29. The summed E-state index contributed by atoms with van der Waals surface area (Å²) in [6.07, 6.45) is -0.0191. The van der Waals surface area contributed by atoms with Crippen molar-refractivity contribution >= 4 is 46.8 Å². The summed E-state index contributed by atoms with van der Waals surface area (Å²) in [5, 5.41) is 13.9. The summed E-state index contributed by atoms with van der Waals surface area (Å²) in [4.78, 5) is 34.7. The van der Waals surface area contributed by atoms with E-state index in [0.717, 1.165) is 5.56 Å². The minimum absolute atomic E-state index is 0.0191. The van der Waals surface area contributed by atoms with Crippen molar-refractivity contribution in [1.29, 1.82) is 0 Å². The lowest BCUT2D eigenvalue weighted by molar-refractivity contribution is -0.141. The van der Waals surface area contributed by atoms with E-state index in [1.165, 1.54) is 11.8 Å². The minimum Gasteiger partial charge on any atom is -0.480 e. The molecular weight excluding hydrogens is 328 g/mol. The van der Waals surface area contributed by atoms with Gasteiger partial charge in [0.2, 0.25) is 11.8 Å². The molecule has 1 aromatic carbocycles. The summed E-state index contributed by atoms with van der Waals surface area (Å²) in [6.45, 7) is 1.84. The monoisotopic (exact) mass is 342 g/mol. The smallest absolute Gasteiger partial charge is 0.327 e. The summed E-state index contributed by atoms with van der Waals surface area (Å²) in [7, 11) is 0. The predicted molar refractivity (Wildman–Crippen MR) is 85.2 cm³/mol. The normalized spacial score (nSPS) is 21.1. The molecule has 0 aromatic heterocycles. The molecule has 1 aromatic rings. The topological polar surface area (TPSA) is 95.5 Å². The van der Waals surface area contributed by atoms with Crippen molar-refractivity contribution < 1.29 is 19.5 Å². The number of carbonyl (C=O) groups is 3. The first-order chi connectivity index (χ1) is 10.4. The number of nitrogens with one attached hydrogen (secondary N) is 2. The maximum absolute atomic E-state index is 12.0. The van der Waals surface area contributed by atoms with Gasteiger partial charge >= 0.3 is 5.97 Å².